The summed E-state index contributed by atoms with van der Waals surface area (Å²) >= 11 is 0. The summed E-state index contributed by atoms with van der Waals surface area (Å²) in [5.74, 6) is 3.61. The van der Waals surface area contributed by atoms with Crippen LogP contribution in [0.2, 0.25) is 0 Å². The third-order valence-corrected chi connectivity index (χ3v) is 5.62. The average molecular weight is 352 g/mol. The molecule has 130 valence electrons. The molecule has 0 atom stereocenters. The zero-order chi connectivity index (χ0) is 17.3. The monoisotopic (exact) mass is 352 g/mol. The summed E-state index contributed by atoms with van der Waals surface area (Å²) in [5, 5.41) is 0. The van der Waals surface area contributed by atoms with Crippen molar-refractivity contribution in [1.29, 1.82) is 0 Å². The number of halogens is 3. The molecule has 1 fully saturated rings. The molecule has 1 saturated heterocycles. The fraction of sp³-hybridized carbons (Fsp3) is 0.538. The Morgan fingerprint density at radius 1 is 1.22 bits per heavy atom. The first-order valence-corrected chi connectivity index (χ1v) is 8.61. The van der Waals surface area contributed by atoms with Crippen molar-refractivity contribution >= 4 is 21.4 Å². The molecule has 1 aliphatic heterocycles. The topological polar surface area (TPSA) is 78.7 Å². The van der Waals surface area contributed by atoms with Gasteiger partial charge in [-0.15, -0.1) is 0 Å². The molecule has 0 unspecified atom stereocenters. The van der Waals surface area contributed by atoms with Gasteiger partial charge < -0.3 is 10.3 Å². The number of hydrogen-bond donors (Lipinski definition) is 2. The van der Waals surface area contributed by atoms with Crippen molar-refractivity contribution in [2.75, 3.05) is 42.3 Å². The van der Waals surface area contributed by atoms with Gasteiger partial charge in [0.25, 0.3) is 0 Å². The van der Waals surface area contributed by atoms with Crippen LogP contribution in [0.15, 0.2) is 18.2 Å². The number of nitrogen functional groups attached to an aromatic ring is 1. The van der Waals surface area contributed by atoms with Gasteiger partial charge in [0, 0.05) is 31.9 Å². The van der Waals surface area contributed by atoms with Crippen LogP contribution in [0.4, 0.5) is 24.5 Å². The zero-order valence-corrected chi connectivity index (χ0v) is 13.4. The molecule has 0 saturated carbocycles. The van der Waals surface area contributed by atoms with Crippen molar-refractivity contribution < 1.29 is 21.6 Å². The van der Waals surface area contributed by atoms with Crippen LogP contribution in [0.3, 0.4) is 0 Å². The van der Waals surface area contributed by atoms with Gasteiger partial charge in [0.1, 0.15) is 0 Å². The lowest BCUT2D eigenvalue weighted by molar-refractivity contribution is -0.107. The van der Waals surface area contributed by atoms with Crippen LogP contribution < -0.4 is 16.2 Å². The number of piperazine rings is 1. The van der Waals surface area contributed by atoms with Gasteiger partial charge in [-0.2, -0.15) is 17.5 Å². The Bertz CT molecular complexity index is 656. The van der Waals surface area contributed by atoms with Crippen molar-refractivity contribution in [2.45, 2.75) is 13.1 Å². The lowest BCUT2D eigenvalue weighted by atomic mass is 10.1. The summed E-state index contributed by atoms with van der Waals surface area (Å²) in [7, 11) is -4.32. The van der Waals surface area contributed by atoms with Gasteiger partial charge >= 0.3 is 6.18 Å². The Hall–Kier alpha value is -1.52. The molecule has 1 aromatic carbocycles. The van der Waals surface area contributed by atoms with Crippen molar-refractivity contribution in [3.8, 4) is 0 Å². The molecule has 0 spiro atoms. The molecule has 0 amide bonds. The second-order valence-electron chi connectivity index (χ2n) is 5.35. The highest BCUT2D eigenvalue weighted by molar-refractivity contribution is 7.89. The van der Waals surface area contributed by atoms with Crippen LogP contribution >= 0.6 is 0 Å². The van der Waals surface area contributed by atoms with Gasteiger partial charge in [-0.1, -0.05) is 6.07 Å². The molecule has 1 aromatic rings. The predicted molar refractivity (Wildman–Crippen MR) is 82.6 cm³/mol. The van der Waals surface area contributed by atoms with E-state index in [2.05, 4.69) is 5.43 Å². The first-order chi connectivity index (χ1) is 10.6. The second-order valence-corrected chi connectivity index (χ2v) is 7.32. The van der Waals surface area contributed by atoms with E-state index in [1.807, 2.05) is 30.0 Å². The number of hydrazine groups is 1. The van der Waals surface area contributed by atoms with Crippen molar-refractivity contribution in [3.05, 3.63) is 23.8 Å². The van der Waals surface area contributed by atoms with Gasteiger partial charge in [-0.3, -0.25) is 5.84 Å². The number of benzene rings is 1. The van der Waals surface area contributed by atoms with Crippen LogP contribution in [-0.4, -0.2) is 50.8 Å². The SMILES string of the molecule is Cc1c(NN)cccc1N1CCN(S(=O)(=O)CC(F)(F)F)CC1. The number of nitrogens with zero attached hydrogens (tertiary/aromatic N) is 2. The van der Waals surface area contributed by atoms with E-state index in [1.54, 1.807) is 0 Å². The molecule has 10 heteroatoms. The summed E-state index contributed by atoms with van der Waals surface area (Å²) in [6.07, 6.45) is -4.73. The summed E-state index contributed by atoms with van der Waals surface area (Å²) in [5.41, 5.74) is 5.11. The minimum Gasteiger partial charge on any atom is -0.369 e. The minimum absolute atomic E-state index is 0.0259. The lowest BCUT2D eigenvalue weighted by Crippen LogP contribution is -2.50. The van der Waals surface area contributed by atoms with E-state index < -0.39 is 22.0 Å². The van der Waals surface area contributed by atoms with E-state index in [4.69, 9.17) is 5.84 Å². The number of sulfonamides is 1. The first kappa shape index (κ1) is 17.8. The second kappa shape index (κ2) is 6.54. The number of anilines is 2. The highest BCUT2D eigenvalue weighted by Gasteiger charge is 2.39. The molecule has 0 radical (unpaired) electrons. The zero-order valence-electron chi connectivity index (χ0n) is 12.6. The lowest BCUT2D eigenvalue weighted by Gasteiger charge is -2.36. The summed E-state index contributed by atoms with van der Waals surface area (Å²) in [6, 6.07) is 5.49. The van der Waals surface area contributed by atoms with Gasteiger partial charge in [-0.05, 0) is 24.6 Å². The third-order valence-electron chi connectivity index (χ3n) is 3.78. The van der Waals surface area contributed by atoms with E-state index in [0.29, 0.717) is 13.1 Å². The molecule has 0 bridgehead atoms. The average Bonchev–Trinajstić information content (AvgIpc) is 2.45. The van der Waals surface area contributed by atoms with E-state index in [1.165, 1.54) is 0 Å². The number of nitrogens with one attached hydrogen (secondary N) is 1. The Labute approximate surface area is 133 Å². The molecule has 1 heterocycles. The molecular weight excluding hydrogens is 333 g/mol. The summed E-state index contributed by atoms with van der Waals surface area (Å²) < 4.78 is 61.5. The smallest absolute Gasteiger partial charge is 0.369 e. The maximum Gasteiger partial charge on any atom is 0.404 e. The van der Waals surface area contributed by atoms with Crippen LogP contribution in [0.1, 0.15) is 5.56 Å². The predicted octanol–water partition coefficient (Wildman–Crippen LogP) is 1.29. The normalized spacial score (nSPS) is 17.3. The van der Waals surface area contributed by atoms with E-state index in [-0.39, 0.29) is 13.1 Å². The number of nitrogens with two attached hydrogens (primary N) is 1. The molecule has 0 aliphatic carbocycles. The van der Waals surface area contributed by atoms with Gasteiger partial charge in [0.05, 0.1) is 5.69 Å². The van der Waals surface area contributed by atoms with E-state index >= 15 is 0 Å². The Kier molecular flexibility index (Phi) is 5.07. The van der Waals surface area contributed by atoms with Crippen LogP contribution in [0.5, 0.6) is 0 Å². The Morgan fingerprint density at radius 2 is 1.83 bits per heavy atom. The molecule has 3 N–H and O–H groups in total. The van der Waals surface area contributed by atoms with Crippen LogP contribution in [-0.2, 0) is 10.0 Å². The number of rotatable bonds is 4. The quantitative estimate of drug-likeness (QED) is 0.631. The molecule has 0 aromatic heterocycles. The van der Waals surface area contributed by atoms with E-state index in [9.17, 15) is 21.6 Å². The maximum absolute atomic E-state index is 12.3. The first-order valence-electron chi connectivity index (χ1n) is 7.00. The standard InChI is InChI=1S/C13H19F3N4O2S/c1-10-11(18-17)3-2-4-12(10)19-5-7-20(8-6-19)23(21,22)9-13(14,15)16/h2-4,18H,5-9,17H2,1H3. The largest absolute Gasteiger partial charge is 0.404 e. The fourth-order valence-electron chi connectivity index (χ4n) is 2.63. The molecule has 23 heavy (non-hydrogen) atoms. The minimum atomic E-state index is -4.73. The molecular formula is C13H19F3N4O2S. The third kappa shape index (κ3) is 4.27. The van der Waals surface area contributed by atoms with Gasteiger partial charge in [0.15, 0.2) is 5.75 Å². The van der Waals surface area contributed by atoms with E-state index in [0.717, 1.165) is 21.2 Å². The van der Waals surface area contributed by atoms with Crippen LogP contribution in [0.25, 0.3) is 0 Å². The summed E-state index contributed by atoms with van der Waals surface area (Å²) in [4.78, 5) is 1.94. The maximum atomic E-state index is 12.3. The van der Waals surface area contributed by atoms with Gasteiger partial charge in [-0.25, -0.2) is 8.42 Å². The van der Waals surface area contributed by atoms with Crippen molar-refractivity contribution in [2.24, 2.45) is 5.84 Å². The fourth-order valence-corrected chi connectivity index (χ4v) is 3.94. The summed E-state index contributed by atoms with van der Waals surface area (Å²) in [6.45, 7) is 2.57. The number of hydrogen-bond acceptors (Lipinski definition) is 5. The highest BCUT2D eigenvalue weighted by Crippen LogP contribution is 2.28. The Morgan fingerprint density at radius 3 is 2.35 bits per heavy atom. The van der Waals surface area contributed by atoms with Crippen molar-refractivity contribution in [1.82, 2.24) is 4.31 Å². The van der Waals surface area contributed by atoms with Gasteiger partial charge in [0.2, 0.25) is 10.0 Å². The van der Waals surface area contributed by atoms with Crippen molar-refractivity contribution in [3.63, 3.8) is 0 Å². The highest BCUT2D eigenvalue weighted by atomic mass is 32.2. The molecule has 2 rings (SSSR count). The van der Waals surface area contributed by atoms with Crippen LogP contribution in [0, 0.1) is 6.92 Å². The molecule has 1 aliphatic rings. The number of alkyl halides is 3. The Balaban J connectivity index is 2.07. The molecule has 6 nitrogen and oxygen atoms in total.